The molecule has 0 atom stereocenters. The Labute approximate surface area is 108 Å². The first-order valence-electron chi connectivity index (χ1n) is 5.25. The fourth-order valence-corrected chi connectivity index (χ4v) is 1.67. The van der Waals surface area contributed by atoms with E-state index in [1.54, 1.807) is 18.6 Å². The molecule has 0 aliphatic carbocycles. The minimum absolute atomic E-state index is 0.621. The number of halogens is 1. The topological polar surface area (TPSA) is 47.0 Å². The normalized spacial score (nSPS) is 10.0. The van der Waals surface area contributed by atoms with Crippen molar-refractivity contribution in [2.24, 2.45) is 0 Å². The Morgan fingerprint density at radius 2 is 2.18 bits per heavy atom. The number of hydrogen-bond donors (Lipinski definition) is 1. The van der Waals surface area contributed by atoms with Gasteiger partial charge in [-0.1, -0.05) is 0 Å². The Hall–Kier alpha value is -1.62. The Kier molecular flexibility index (Phi) is 3.93. The highest BCUT2D eigenvalue weighted by Gasteiger charge is 2.00. The number of aromatic nitrogens is 2. The molecular weight excluding hydrogens is 282 g/mol. The van der Waals surface area contributed by atoms with Crippen molar-refractivity contribution >= 4 is 27.3 Å². The summed E-state index contributed by atoms with van der Waals surface area (Å²) in [7, 11) is 0. The van der Waals surface area contributed by atoms with Crippen molar-refractivity contribution in [1.82, 2.24) is 9.97 Å². The van der Waals surface area contributed by atoms with Crippen LogP contribution in [0.5, 0.6) is 5.88 Å². The van der Waals surface area contributed by atoms with Crippen LogP contribution in [-0.2, 0) is 0 Å². The van der Waals surface area contributed by atoms with Gasteiger partial charge >= 0.3 is 0 Å². The summed E-state index contributed by atoms with van der Waals surface area (Å²) >= 11 is 3.42. The van der Waals surface area contributed by atoms with Crippen molar-refractivity contribution in [3.8, 4) is 5.88 Å². The van der Waals surface area contributed by atoms with Gasteiger partial charge in [-0.2, -0.15) is 0 Å². The van der Waals surface area contributed by atoms with Crippen LogP contribution in [0, 0.1) is 0 Å². The second kappa shape index (κ2) is 5.63. The van der Waals surface area contributed by atoms with Gasteiger partial charge in [-0.05, 0) is 35.0 Å². The van der Waals surface area contributed by atoms with E-state index in [1.165, 1.54) is 0 Å². The number of pyridine rings is 2. The maximum absolute atomic E-state index is 5.28. The Morgan fingerprint density at radius 1 is 1.29 bits per heavy atom. The van der Waals surface area contributed by atoms with E-state index in [0.717, 1.165) is 15.8 Å². The molecule has 0 bridgehead atoms. The van der Waals surface area contributed by atoms with Crippen LogP contribution in [0.15, 0.2) is 41.3 Å². The van der Waals surface area contributed by atoms with Gasteiger partial charge in [0.05, 0.1) is 28.7 Å². The lowest BCUT2D eigenvalue weighted by molar-refractivity contribution is 0.327. The zero-order valence-corrected chi connectivity index (χ0v) is 10.9. The van der Waals surface area contributed by atoms with Gasteiger partial charge in [-0.25, -0.2) is 4.98 Å². The lowest BCUT2D eigenvalue weighted by atomic mass is 10.3. The zero-order valence-electron chi connectivity index (χ0n) is 9.35. The van der Waals surface area contributed by atoms with Crippen LogP contribution < -0.4 is 10.1 Å². The SMILES string of the molecule is CCOc1ccc(Nc2ccncc2Br)cn1. The average Bonchev–Trinajstić information content (AvgIpc) is 2.35. The molecule has 5 heteroatoms. The molecule has 0 aromatic carbocycles. The molecule has 0 aliphatic heterocycles. The minimum atomic E-state index is 0.621. The predicted octanol–water partition coefficient (Wildman–Crippen LogP) is 3.38. The fourth-order valence-electron chi connectivity index (χ4n) is 1.32. The Balaban J connectivity index is 2.11. The van der Waals surface area contributed by atoms with Crippen molar-refractivity contribution in [3.05, 3.63) is 41.3 Å². The molecule has 2 aromatic heterocycles. The molecule has 2 heterocycles. The van der Waals surface area contributed by atoms with Gasteiger partial charge in [0.15, 0.2) is 0 Å². The maximum atomic E-state index is 5.28. The van der Waals surface area contributed by atoms with Crippen molar-refractivity contribution < 1.29 is 4.74 Å². The van der Waals surface area contributed by atoms with Crippen molar-refractivity contribution in [2.45, 2.75) is 6.92 Å². The summed E-state index contributed by atoms with van der Waals surface area (Å²) in [5.74, 6) is 0.631. The standard InChI is InChI=1S/C12H12BrN3O/c1-2-17-12-4-3-9(7-15-12)16-11-5-6-14-8-10(11)13/h3-8H,2H2,1H3,(H,14,16). The molecule has 2 rings (SSSR count). The largest absolute Gasteiger partial charge is 0.478 e. The van der Waals surface area contributed by atoms with Gasteiger partial charge in [-0.15, -0.1) is 0 Å². The molecule has 1 N–H and O–H groups in total. The molecule has 17 heavy (non-hydrogen) atoms. The highest BCUT2D eigenvalue weighted by atomic mass is 79.9. The molecule has 4 nitrogen and oxygen atoms in total. The molecule has 2 aromatic rings. The lowest BCUT2D eigenvalue weighted by Gasteiger charge is -2.08. The predicted molar refractivity (Wildman–Crippen MR) is 70.6 cm³/mol. The van der Waals surface area contributed by atoms with E-state index in [4.69, 9.17) is 4.74 Å². The van der Waals surface area contributed by atoms with Crippen LogP contribution in [-0.4, -0.2) is 16.6 Å². The third-order valence-corrected chi connectivity index (χ3v) is 2.71. The molecule has 0 unspecified atom stereocenters. The second-order valence-corrected chi connectivity index (χ2v) is 4.15. The Morgan fingerprint density at radius 3 is 2.82 bits per heavy atom. The number of ether oxygens (including phenoxy) is 1. The van der Waals surface area contributed by atoms with E-state index in [9.17, 15) is 0 Å². The summed E-state index contributed by atoms with van der Waals surface area (Å²) in [5.41, 5.74) is 1.85. The number of hydrogen-bond acceptors (Lipinski definition) is 4. The van der Waals surface area contributed by atoms with Crippen molar-refractivity contribution in [1.29, 1.82) is 0 Å². The number of rotatable bonds is 4. The highest BCUT2D eigenvalue weighted by molar-refractivity contribution is 9.10. The quantitative estimate of drug-likeness (QED) is 0.939. The first kappa shape index (κ1) is 11.9. The third kappa shape index (κ3) is 3.17. The van der Waals surface area contributed by atoms with E-state index in [0.29, 0.717) is 12.5 Å². The smallest absolute Gasteiger partial charge is 0.213 e. The monoisotopic (exact) mass is 293 g/mol. The molecule has 0 amide bonds. The van der Waals surface area contributed by atoms with Crippen LogP contribution >= 0.6 is 15.9 Å². The average molecular weight is 294 g/mol. The summed E-state index contributed by atoms with van der Waals surface area (Å²) < 4.78 is 6.19. The van der Waals surface area contributed by atoms with Crippen LogP contribution in [0.2, 0.25) is 0 Å². The highest BCUT2D eigenvalue weighted by Crippen LogP contribution is 2.24. The molecule has 0 aliphatic rings. The number of nitrogens with zero attached hydrogens (tertiary/aromatic N) is 2. The van der Waals surface area contributed by atoms with Gasteiger partial charge in [0.25, 0.3) is 0 Å². The summed E-state index contributed by atoms with van der Waals surface area (Å²) in [6, 6.07) is 5.65. The molecular formula is C12H12BrN3O. The zero-order chi connectivity index (χ0) is 12.1. The molecule has 0 radical (unpaired) electrons. The van der Waals surface area contributed by atoms with Crippen molar-refractivity contribution in [2.75, 3.05) is 11.9 Å². The van der Waals surface area contributed by atoms with Gasteiger partial charge in [-0.3, -0.25) is 4.98 Å². The van der Waals surface area contributed by atoms with Gasteiger partial charge in [0, 0.05) is 18.5 Å². The number of nitrogens with one attached hydrogen (secondary N) is 1. The fraction of sp³-hybridized carbons (Fsp3) is 0.167. The molecule has 0 fully saturated rings. The third-order valence-electron chi connectivity index (χ3n) is 2.08. The van der Waals surface area contributed by atoms with Gasteiger partial charge in [0.2, 0.25) is 5.88 Å². The van der Waals surface area contributed by atoms with E-state index >= 15 is 0 Å². The summed E-state index contributed by atoms with van der Waals surface area (Å²) in [4.78, 5) is 8.18. The molecule has 0 spiro atoms. The number of anilines is 2. The summed E-state index contributed by atoms with van der Waals surface area (Å²) in [6.07, 6.45) is 5.21. The Bertz CT molecular complexity index is 487. The van der Waals surface area contributed by atoms with Crippen molar-refractivity contribution in [3.63, 3.8) is 0 Å². The van der Waals surface area contributed by atoms with Gasteiger partial charge < -0.3 is 10.1 Å². The minimum Gasteiger partial charge on any atom is -0.478 e. The second-order valence-electron chi connectivity index (χ2n) is 3.30. The molecule has 0 saturated heterocycles. The van der Waals surface area contributed by atoms with E-state index in [2.05, 4.69) is 31.2 Å². The summed E-state index contributed by atoms with van der Waals surface area (Å²) in [6.45, 7) is 2.55. The maximum Gasteiger partial charge on any atom is 0.213 e. The van der Waals surface area contributed by atoms with E-state index < -0.39 is 0 Å². The first-order valence-corrected chi connectivity index (χ1v) is 6.04. The van der Waals surface area contributed by atoms with Crippen LogP contribution in [0.25, 0.3) is 0 Å². The lowest BCUT2D eigenvalue weighted by Crippen LogP contribution is -1.96. The molecule has 88 valence electrons. The summed E-state index contributed by atoms with van der Waals surface area (Å²) in [5, 5.41) is 3.24. The van der Waals surface area contributed by atoms with Gasteiger partial charge in [0.1, 0.15) is 0 Å². The molecule has 0 saturated carbocycles. The van der Waals surface area contributed by atoms with Crippen LogP contribution in [0.3, 0.4) is 0 Å². The van der Waals surface area contributed by atoms with Crippen LogP contribution in [0.1, 0.15) is 6.92 Å². The van der Waals surface area contributed by atoms with E-state index in [1.807, 2.05) is 25.1 Å². The van der Waals surface area contributed by atoms with E-state index in [-0.39, 0.29) is 0 Å². The van der Waals surface area contributed by atoms with Crippen LogP contribution in [0.4, 0.5) is 11.4 Å². The first-order chi connectivity index (χ1) is 8.29.